The predicted octanol–water partition coefficient (Wildman–Crippen LogP) is 0.783. The van der Waals surface area contributed by atoms with Gasteiger partial charge in [-0.1, -0.05) is 18.0 Å². The van der Waals surface area contributed by atoms with Crippen molar-refractivity contribution in [1.82, 2.24) is 15.1 Å². The van der Waals surface area contributed by atoms with Gasteiger partial charge in [-0.3, -0.25) is 4.90 Å². The van der Waals surface area contributed by atoms with E-state index in [-0.39, 0.29) is 17.9 Å². The third kappa shape index (κ3) is 5.08. The first-order chi connectivity index (χ1) is 10.2. The van der Waals surface area contributed by atoms with E-state index in [1.807, 2.05) is 4.90 Å². The molecule has 4 N–H and O–H groups in total. The van der Waals surface area contributed by atoms with Gasteiger partial charge in [0, 0.05) is 32.2 Å². The second kappa shape index (κ2) is 8.07. The van der Waals surface area contributed by atoms with Crippen molar-refractivity contribution in [2.75, 3.05) is 32.7 Å². The standard InChI is InChI=1S/C14H27N5O2/c15-13(17-21)11-18-9-5-12(6-10-18)16-14(20)19-7-3-1-2-4-8-19/h12,21H,1-11H2,(H2,15,17)(H,16,20). The predicted molar refractivity (Wildman–Crippen MR) is 81.4 cm³/mol. The van der Waals surface area contributed by atoms with Crippen LogP contribution in [-0.2, 0) is 0 Å². The molecule has 0 aromatic heterocycles. The van der Waals surface area contributed by atoms with Gasteiger partial charge < -0.3 is 21.2 Å². The van der Waals surface area contributed by atoms with Crippen LogP contribution in [0.15, 0.2) is 5.16 Å². The van der Waals surface area contributed by atoms with Gasteiger partial charge in [0.25, 0.3) is 0 Å². The molecule has 0 aromatic carbocycles. The van der Waals surface area contributed by atoms with Gasteiger partial charge >= 0.3 is 6.03 Å². The summed E-state index contributed by atoms with van der Waals surface area (Å²) in [5, 5.41) is 14.7. The van der Waals surface area contributed by atoms with Crippen LogP contribution < -0.4 is 11.1 Å². The van der Waals surface area contributed by atoms with Crippen molar-refractivity contribution in [2.24, 2.45) is 10.9 Å². The summed E-state index contributed by atoms with van der Waals surface area (Å²) < 4.78 is 0. The molecule has 0 saturated carbocycles. The maximum Gasteiger partial charge on any atom is 0.317 e. The number of nitrogens with two attached hydrogens (primary N) is 1. The minimum Gasteiger partial charge on any atom is -0.409 e. The smallest absolute Gasteiger partial charge is 0.317 e. The number of oxime groups is 1. The highest BCUT2D eigenvalue weighted by Gasteiger charge is 2.23. The van der Waals surface area contributed by atoms with Crippen LogP contribution in [0.2, 0.25) is 0 Å². The Morgan fingerprint density at radius 3 is 2.33 bits per heavy atom. The zero-order valence-electron chi connectivity index (χ0n) is 12.6. The third-order valence-corrected chi connectivity index (χ3v) is 4.32. The van der Waals surface area contributed by atoms with E-state index in [0.29, 0.717) is 6.54 Å². The Hall–Kier alpha value is -1.50. The van der Waals surface area contributed by atoms with Crippen molar-refractivity contribution in [1.29, 1.82) is 0 Å². The molecule has 2 rings (SSSR count). The molecule has 21 heavy (non-hydrogen) atoms. The monoisotopic (exact) mass is 297 g/mol. The molecule has 2 heterocycles. The van der Waals surface area contributed by atoms with Crippen molar-refractivity contribution in [3.63, 3.8) is 0 Å². The number of likely N-dealkylation sites (tertiary alicyclic amines) is 2. The summed E-state index contributed by atoms with van der Waals surface area (Å²) in [4.78, 5) is 16.4. The lowest BCUT2D eigenvalue weighted by atomic mass is 10.1. The molecule has 0 aromatic rings. The Morgan fingerprint density at radius 1 is 1.14 bits per heavy atom. The maximum absolute atomic E-state index is 12.3. The molecule has 2 aliphatic rings. The molecule has 2 saturated heterocycles. The van der Waals surface area contributed by atoms with Crippen LogP contribution in [-0.4, -0.2) is 65.6 Å². The molecule has 0 atom stereocenters. The molecule has 2 aliphatic heterocycles. The van der Waals surface area contributed by atoms with Gasteiger partial charge in [-0.15, -0.1) is 0 Å². The number of amides is 2. The maximum atomic E-state index is 12.3. The van der Waals surface area contributed by atoms with E-state index in [0.717, 1.165) is 51.9 Å². The van der Waals surface area contributed by atoms with E-state index in [9.17, 15) is 4.79 Å². The number of piperidine rings is 1. The van der Waals surface area contributed by atoms with Crippen LogP contribution in [0.1, 0.15) is 38.5 Å². The van der Waals surface area contributed by atoms with Gasteiger partial charge in [-0.05, 0) is 25.7 Å². The average Bonchev–Trinajstić information content (AvgIpc) is 2.78. The lowest BCUT2D eigenvalue weighted by Gasteiger charge is -2.33. The van der Waals surface area contributed by atoms with E-state index >= 15 is 0 Å². The molecule has 120 valence electrons. The Balaban J connectivity index is 1.71. The summed E-state index contributed by atoms with van der Waals surface area (Å²) >= 11 is 0. The third-order valence-electron chi connectivity index (χ3n) is 4.32. The Morgan fingerprint density at radius 2 is 1.76 bits per heavy atom. The SMILES string of the molecule is NC(CN1CCC(NC(=O)N2CCCCCC2)CC1)=NO. The van der Waals surface area contributed by atoms with E-state index in [1.54, 1.807) is 0 Å². The lowest BCUT2D eigenvalue weighted by Crippen LogP contribution is -2.50. The molecule has 2 fully saturated rings. The van der Waals surface area contributed by atoms with Crippen molar-refractivity contribution in [3.05, 3.63) is 0 Å². The summed E-state index contributed by atoms with van der Waals surface area (Å²) in [7, 11) is 0. The summed E-state index contributed by atoms with van der Waals surface area (Å²) in [5.41, 5.74) is 5.51. The van der Waals surface area contributed by atoms with Crippen LogP contribution in [0, 0.1) is 0 Å². The molecule has 0 radical (unpaired) electrons. The molecule has 0 bridgehead atoms. The minimum atomic E-state index is 0.0896. The largest absolute Gasteiger partial charge is 0.409 e. The summed E-state index contributed by atoms with van der Waals surface area (Å²) in [6.07, 6.45) is 6.53. The first kappa shape index (κ1) is 15.9. The first-order valence-electron chi connectivity index (χ1n) is 7.93. The fourth-order valence-corrected chi connectivity index (χ4v) is 3.04. The van der Waals surface area contributed by atoms with Gasteiger partial charge in [0.05, 0.1) is 6.54 Å². The van der Waals surface area contributed by atoms with Crippen molar-refractivity contribution < 1.29 is 10.0 Å². The molecule has 7 heteroatoms. The molecule has 0 spiro atoms. The molecule has 0 unspecified atom stereocenters. The number of carbonyl (C=O) groups excluding carboxylic acids is 1. The van der Waals surface area contributed by atoms with Gasteiger partial charge in [0.1, 0.15) is 0 Å². The van der Waals surface area contributed by atoms with Crippen molar-refractivity contribution in [2.45, 2.75) is 44.6 Å². The van der Waals surface area contributed by atoms with Crippen molar-refractivity contribution >= 4 is 11.9 Å². The van der Waals surface area contributed by atoms with E-state index in [1.165, 1.54) is 12.8 Å². The van der Waals surface area contributed by atoms with Crippen LogP contribution in [0.25, 0.3) is 0 Å². The number of nitrogens with zero attached hydrogens (tertiary/aromatic N) is 3. The zero-order chi connectivity index (χ0) is 15.1. The van der Waals surface area contributed by atoms with Crippen LogP contribution in [0.3, 0.4) is 0 Å². The molecule has 2 amide bonds. The molecular formula is C14H27N5O2. The number of amidine groups is 1. The fraction of sp³-hybridized carbons (Fsp3) is 0.857. The van der Waals surface area contributed by atoms with Gasteiger partial charge in [-0.25, -0.2) is 4.79 Å². The quantitative estimate of drug-likeness (QED) is 0.310. The molecule has 0 aliphatic carbocycles. The highest BCUT2D eigenvalue weighted by molar-refractivity contribution is 5.81. The van der Waals surface area contributed by atoms with E-state index in [2.05, 4.69) is 15.4 Å². The Kier molecular flexibility index (Phi) is 6.10. The zero-order valence-corrected chi connectivity index (χ0v) is 12.6. The number of hydrogen-bond donors (Lipinski definition) is 3. The van der Waals surface area contributed by atoms with Gasteiger partial charge in [0.15, 0.2) is 5.84 Å². The number of urea groups is 1. The normalized spacial score (nSPS) is 22.9. The fourth-order valence-electron chi connectivity index (χ4n) is 3.04. The van der Waals surface area contributed by atoms with Crippen LogP contribution >= 0.6 is 0 Å². The van der Waals surface area contributed by atoms with Gasteiger partial charge in [0.2, 0.25) is 0 Å². The summed E-state index contributed by atoms with van der Waals surface area (Å²) in [5.74, 6) is 0.238. The minimum absolute atomic E-state index is 0.0896. The molecule has 7 nitrogen and oxygen atoms in total. The number of carbonyl (C=O) groups is 1. The van der Waals surface area contributed by atoms with Crippen molar-refractivity contribution in [3.8, 4) is 0 Å². The summed E-state index contributed by atoms with van der Waals surface area (Å²) in [6.45, 7) is 3.98. The second-order valence-electron chi connectivity index (χ2n) is 5.99. The number of rotatable bonds is 3. The van der Waals surface area contributed by atoms with Gasteiger partial charge in [-0.2, -0.15) is 0 Å². The topological polar surface area (TPSA) is 94.2 Å². The highest BCUT2D eigenvalue weighted by Crippen LogP contribution is 2.13. The lowest BCUT2D eigenvalue weighted by molar-refractivity contribution is 0.179. The van der Waals surface area contributed by atoms with E-state index in [4.69, 9.17) is 10.9 Å². The van der Waals surface area contributed by atoms with Crippen LogP contribution in [0.5, 0.6) is 0 Å². The number of nitrogens with one attached hydrogen (secondary N) is 1. The Bertz CT molecular complexity index is 358. The first-order valence-corrected chi connectivity index (χ1v) is 7.93. The van der Waals surface area contributed by atoms with E-state index < -0.39 is 0 Å². The van der Waals surface area contributed by atoms with Crippen LogP contribution in [0.4, 0.5) is 4.79 Å². The highest BCUT2D eigenvalue weighted by atomic mass is 16.4. The summed E-state index contributed by atoms with van der Waals surface area (Å²) in [6, 6.07) is 0.330. The average molecular weight is 297 g/mol. The molecular weight excluding hydrogens is 270 g/mol. The number of hydrogen-bond acceptors (Lipinski definition) is 4. The second-order valence-corrected chi connectivity index (χ2v) is 5.99. The Labute approximate surface area is 126 Å².